The van der Waals surface area contributed by atoms with Crippen LogP contribution in [0.4, 0.5) is 4.79 Å². The summed E-state index contributed by atoms with van der Waals surface area (Å²) in [7, 11) is -2.48. The Labute approximate surface area is 226 Å². The topological polar surface area (TPSA) is 134 Å². The molecule has 1 heterocycles. The lowest BCUT2D eigenvalue weighted by Crippen LogP contribution is -2.42. The number of amides is 1. The molecule has 0 radical (unpaired) electrons. The van der Waals surface area contributed by atoms with Crippen molar-refractivity contribution in [2.45, 2.75) is 32.8 Å². The Bertz CT molecular complexity index is 1120. The average Bonchev–Trinajstić information content (AvgIpc) is 2.82. The van der Waals surface area contributed by atoms with Gasteiger partial charge >= 0.3 is 16.3 Å². The number of ether oxygens (including phenoxy) is 5. The van der Waals surface area contributed by atoms with Crippen molar-refractivity contribution in [3.05, 3.63) is 46.1 Å². The van der Waals surface area contributed by atoms with Crippen LogP contribution in [-0.4, -0.2) is 65.7 Å². The van der Waals surface area contributed by atoms with Crippen molar-refractivity contribution in [2.24, 2.45) is 0 Å². The molecule has 0 atom stereocenters. The van der Waals surface area contributed by atoms with E-state index in [-0.39, 0.29) is 36.8 Å². The van der Waals surface area contributed by atoms with Gasteiger partial charge in [0.1, 0.15) is 23.1 Å². The highest BCUT2D eigenvalue weighted by Crippen LogP contribution is 2.33. The number of nitrogens with zero attached hydrogens (tertiary/aromatic N) is 1. The first-order valence-corrected chi connectivity index (χ1v) is 13.6. The van der Waals surface area contributed by atoms with Crippen molar-refractivity contribution in [3.63, 3.8) is 0 Å². The Morgan fingerprint density at radius 1 is 1.11 bits per heavy atom. The molecule has 0 saturated heterocycles. The fourth-order valence-electron chi connectivity index (χ4n) is 2.82. The quantitative estimate of drug-likeness (QED) is 0.281. The maximum Gasteiger partial charge on any atom is 0.421 e. The van der Waals surface area contributed by atoms with Crippen LogP contribution in [0, 0.1) is 0 Å². The van der Waals surface area contributed by atoms with E-state index < -0.39 is 16.3 Å². The normalized spacial score (nSPS) is 11.4. The molecule has 2 rings (SSSR count). The molecule has 0 saturated carbocycles. The minimum absolute atomic E-state index is 0.0151. The van der Waals surface area contributed by atoms with Gasteiger partial charge in [0, 0.05) is 25.9 Å². The van der Waals surface area contributed by atoms with Crippen molar-refractivity contribution in [3.8, 4) is 17.4 Å². The number of pyridine rings is 1. The van der Waals surface area contributed by atoms with Gasteiger partial charge in [-0.1, -0.05) is 29.3 Å². The lowest BCUT2D eigenvalue weighted by atomic mass is 10.1. The van der Waals surface area contributed by atoms with Crippen LogP contribution in [-0.2, 0) is 30.8 Å². The largest absolute Gasteiger partial charge is 0.491 e. The molecule has 0 spiro atoms. The van der Waals surface area contributed by atoms with E-state index in [1.165, 1.54) is 12.3 Å². The van der Waals surface area contributed by atoms with Gasteiger partial charge < -0.3 is 23.7 Å². The van der Waals surface area contributed by atoms with Crippen LogP contribution in [0.15, 0.2) is 30.5 Å². The van der Waals surface area contributed by atoms with E-state index in [0.717, 1.165) is 5.56 Å². The lowest BCUT2D eigenvalue weighted by Gasteiger charge is -2.14. The first-order valence-electron chi connectivity index (χ1n) is 11.4. The third kappa shape index (κ3) is 12.2. The number of hydrogen-bond acceptors (Lipinski definition) is 9. The third-order valence-electron chi connectivity index (χ3n) is 4.46. The molecule has 2 aromatic rings. The van der Waals surface area contributed by atoms with Crippen molar-refractivity contribution >= 4 is 39.5 Å². The molecule has 11 nitrogen and oxygen atoms in total. The summed E-state index contributed by atoms with van der Waals surface area (Å²) in [6, 6.07) is 6.77. The number of rotatable bonds is 16. The SMILES string of the molecule is COCCOc1ccc(CCCOC(=O)NS(=O)(=O)NCCOC(C)C)c(Oc2ncc(Cl)cc2Cl)c1. The van der Waals surface area contributed by atoms with Crippen LogP contribution in [0.2, 0.25) is 10.0 Å². The molecular weight excluding hydrogens is 549 g/mol. The average molecular weight is 580 g/mol. The molecule has 0 unspecified atom stereocenters. The number of aryl methyl sites for hydroxylation is 1. The molecule has 206 valence electrons. The Morgan fingerprint density at radius 3 is 2.59 bits per heavy atom. The summed E-state index contributed by atoms with van der Waals surface area (Å²) in [5.41, 5.74) is 0.760. The highest BCUT2D eigenvalue weighted by molar-refractivity contribution is 7.88. The van der Waals surface area contributed by atoms with Crippen molar-refractivity contribution in [1.29, 1.82) is 0 Å². The van der Waals surface area contributed by atoms with Gasteiger partial charge in [-0.05, 0) is 44.4 Å². The minimum Gasteiger partial charge on any atom is -0.491 e. The van der Waals surface area contributed by atoms with Crippen molar-refractivity contribution in [1.82, 2.24) is 14.4 Å². The highest BCUT2D eigenvalue weighted by Gasteiger charge is 2.16. The molecule has 37 heavy (non-hydrogen) atoms. The molecule has 14 heteroatoms. The molecule has 0 aliphatic carbocycles. The van der Waals surface area contributed by atoms with E-state index in [0.29, 0.717) is 42.6 Å². The number of aromatic nitrogens is 1. The maximum absolute atomic E-state index is 11.9. The van der Waals surface area contributed by atoms with Gasteiger partial charge in [0.2, 0.25) is 5.88 Å². The second kappa shape index (κ2) is 15.8. The molecule has 1 amide bonds. The van der Waals surface area contributed by atoms with Crippen LogP contribution in [0.3, 0.4) is 0 Å². The third-order valence-corrected chi connectivity index (χ3v) is 5.96. The monoisotopic (exact) mass is 579 g/mol. The molecule has 0 fully saturated rings. The zero-order chi connectivity index (χ0) is 27.3. The first kappa shape index (κ1) is 30.9. The lowest BCUT2D eigenvalue weighted by molar-refractivity contribution is 0.0833. The Morgan fingerprint density at radius 2 is 1.89 bits per heavy atom. The number of carbonyl (C=O) groups excluding carboxylic acids is 1. The predicted molar refractivity (Wildman–Crippen MR) is 139 cm³/mol. The molecule has 0 bridgehead atoms. The number of hydrogen-bond donors (Lipinski definition) is 2. The smallest absolute Gasteiger partial charge is 0.421 e. The van der Waals surface area contributed by atoms with Gasteiger partial charge in [0.15, 0.2) is 0 Å². The fraction of sp³-hybridized carbons (Fsp3) is 0.478. The molecule has 2 N–H and O–H groups in total. The molecular formula is C23H31Cl2N3O8S. The summed E-state index contributed by atoms with van der Waals surface area (Å²) in [5, 5.41) is 0.598. The standard InChI is InChI=1S/C23H31Cl2N3O8S/c1-16(2)33-10-8-27-37(30,31)28-23(29)35-9-4-5-17-6-7-19(34-12-11-32-3)14-21(17)36-22-20(25)13-18(24)15-26-22/h6-7,13-16,27H,4-5,8-12H2,1-3H3,(H,28,29). The van der Waals surface area contributed by atoms with Crippen LogP contribution >= 0.6 is 23.2 Å². The van der Waals surface area contributed by atoms with Gasteiger partial charge in [-0.15, -0.1) is 0 Å². The van der Waals surface area contributed by atoms with E-state index in [4.69, 9.17) is 46.9 Å². The Hall–Kier alpha value is -2.35. The summed E-state index contributed by atoms with van der Waals surface area (Å²) in [6.45, 7) is 4.57. The Balaban J connectivity index is 1.93. The van der Waals surface area contributed by atoms with E-state index in [2.05, 4.69) is 9.71 Å². The maximum atomic E-state index is 11.9. The second-order valence-corrected chi connectivity index (χ2v) is 10.2. The van der Waals surface area contributed by atoms with E-state index >= 15 is 0 Å². The van der Waals surface area contributed by atoms with E-state index in [1.54, 1.807) is 30.0 Å². The molecule has 1 aromatic heterocycles. The van der Waals surface area contributed by atoms with Gasteiger partial charge in [-0.3, -0.25) is 0 Å². The zero-order valence-electron chi connectivity index (χ0n) is 20.8. The number of carbonyl (C=O) groups is 1. The summed E-state index contributed by atoms with van der Waals surface area (Å²) in [6.07, 6.45) is 1.10. The van der Waals surface area contributed by atoms with Crippen molar-refractivity contribution in [2.75, 3.05) is 40.1 Å². The van der Waals surface area contributed by atoms with E-state index in [9.17, 15) is 13.2 Å². The van der Waals surface area contributed by atoms with Gasteiger partial charge in [0.05, 0.1) is 30.9 Å². The number of methoxy groups -OCH3 is 1. The van der Waals surface area contributed by atoms with Gasteiger partial charge in [-0.2, -0.15) is 13.1 Å². The van der Waals surface area contributed by atoms with Crippen LogP contribution in [0.5, 0.6) is 17.4 Å². The summed E-state index contributed by atoms with van der Waals surface area (Å²) in [5.74, 6) is 1.15. The predicted octanol–water partition coefficient (Wildman–Crippen LogP) is 4.12. The van der Waals surface area contributed by atoms with Crippen LogP contribution in [0.25, 0.3) is 0 Å². The fourth-order valence-corrected chi connectivity index (χ4v) is 3.94. The Kier molecular flexibility index (Phi) is 13.2. The second-order valence-electron chi connectivity index (χ2n) is 7.81. The summed E-state index contributed by atoms with van der Waals surface area (Å²) in [4.78, 5) is 16.0. The molecule has 0 aliphatic heterocycles. The number of benzene rings is 1. The highest BCUT2D eigenvalue weighted by atomic mass is 35.5. The summed E-state index contributed by atoms with van der Waals surface area (Å²) < 4.78 is 54.6. The van der Waals surface area contributed by atoms with Crippen LogP contribution < -0.4 is 18.9 Å². The van der Waals surface area contributed by atoms with Crippen molar-refractivity contribution < 1.29 is 36.9 Å². The molecule has 0 aliphatic rings. The van der Waals surface area contributed by atoms with Gasteiger partial charge in [0.25, 0.3) is 0 Å². The minimum atomic E-state index is -4.06. The number of halogens is 2. The van der Waals surface area contributed by atoms with Gasteiger partial charge in [-0.25, -0.2) is 14.5 Å². The number of nitrogens with one attached hydrogen (secondary N) is 2. The van der Waals surface area contributed by atoms with Crippen LogP contribution in [0.1, 0.15) is 25.8 Å². The van der Waals surface area contributed by atoms with E-state index in [1.807, 2.05) is 13.8 Å². The molecule has 1 aromatic carbocycles. The first-order chi connectivity index (χ1) is 17.6. The zero-order valence-corrected chi connectivity index (χ0v) is 23.1. The summed E-state index contributed by atoms with van der Waals surface area (Å²) >= 11 is 12.1.